The maximum Gasteiger partial charge on any atom is 0.417 e. The van der Waals surface area contributed by atoms with Gasteiger partial charge in [-0.3, -0.25) is 14.3 Å². The normalized spacial score (nSPS) is 11.7. The summed E-state index contributed by atoms with van der Waals surface area (Å²) in [5.41, 5.74) is -0.700. The second-order valence-corrected chi connectivity index (χ2v) is 7.33. The first kappa shape index (κ1) is 24.0. The number of ether oxygens (including phenoxy) is 2. The van der Waals surface area contributed by atoms with Gasteiger partial charge in [-0.1, -0.05) is 12.1 Å². The van der Waals surface area contributed by atoms with Crippen molar-refractivity contribution in [3.05, 3.63) is 76.7 Å². The minimum absolute atomic E-state index is 0.110. The number of hydrogen-bond donors (Lipinski definition) is 1. The van der Waals surface area contributed by atoms with E-state index in [4.69, 9.17) is 4.74 Å². The summed E-state index contributed by atoms with van der Waals surface area (Å²) in [6.07, 6.45) is -4.01. The van der Waals surface area contributed by atoms with Crippen LogP contribution < -0.4 is 20.3 Å². The number of nitrogens with one attached hydrogen (secondary N) is 1. The van der Waals surface area contributed by atoms with Gasteiger partial charge in [-0.25, -0.2) is 0 Å². The van der Waals surface area contributed by atoms with Crippen LogP contribution in [0.25, 0.3) is 27.8 Å². The third kappa shape index (κ3) is 4.61. The van der Waals surface area contributed by atoms with Crippen LogP contribution in [-0.2, 0) is 6.18 Å². The van der Waals surface area contributed by atoms with Gasteiger partial charge >= 0.3 is 12.8 Å². The van der Waals surface area contributed by atoms with Gasteiger partial charge in [0.25, 0.3) is 5.56 Å². The van der Waals surface area contributed by atoms with Gasteiger partial charge in [-0.15, -0.1) is 0 Å². The van der Waals surface area contributed by atoms with Crippen LogP contribution in [-0.4, -0.2) is 30.3 Å². The highest BCUT2D eigenvalue weighted by Crippen LogP contribution is 2.36. The number of nitrogens with zero attached hydrogens (tertiary/aromatic N) is 2. The summed E-state index contributed by atoms with van der Waals surface area (Å²) in [5.74, 6) is 0.376. The number of aromatic nitrogens is 2. The molecule has 182 valence electrons. The molecule has 4 rings (SSSR count). The van der Waals surface area contributed by atoms with Crippen LogP contribution in [0.4, 0.5) is 27.6 Å². The molecule has 0 unspecified atom stereocenters. The number of halogens is 5. The predicted molar refractivity (Wildman–Crippen MR) is 121 cm³/mol. The van der Waals surface area contributed by atoms with Crippen LogP contribution in [0.5, 0.6) is 11.5 Å². The molecule has 0 aliphatic carbocycles. The lowest BCUT2D eigenvalue weighted by atomic mass is 10.0. The molecule has 0 saturated heterocycles. The summed E-state index contributed by atoms with van der Waals surface area (Å²) in [7, 11) is 3.02. The number of hydrogen-bond acceptors (Lipinski definition) is 5. The Morgan fingerprint density at radius 1 is 1.00 bits per heavy atom. The van der Waals surface area contributed by atoms with Crippen molar-refractivity contribution in [1.82, 2.24) is 9.55 Å². The highest BCUT2D eigenvalue weighted by atomic mass is 19.4. The largest absolute Gasteiger partial charge is 0.497 e. The molecule has 0 aliphatic heterocycles. The molecule has 0 spiro atoms. The molecular weight excluding hydrogens is 473 g/mol. The average Bonchev–Trinajstić information content (AvgIpc) is 2.83. The Bertz CT molecular complexity index is 1420. The summed E-state index contributed by atoms with van der Waals surface area (Å²) < 4.78 is 76.1. The smallest absolute Gasteiger partial charge is 0.417 e. The zero-order valence-corrected chi connectivity index (χ0v) is 18.4. The summed E-state index contributed by atoms with van der Waals surface area (Å²) in [6, 6.07) is 12.4. The molecule has 35 heavy (non-hydrogen) atoms. The molecule has 0 bridgehead atoms. The maximum absolute atomic E-state index is 13.8. The van der Waals surface area contributed by atoms with Gasteiger partial charge in [0.15, 0.2) is 0 Å². The number of anilines is 1. The van der Waals surface area contributed by atoms with Crippen LogP contribution in [0.1, 0.15) is 5.56 Å². The lowest BCUT2D eigenvalue weighted by molar-refractivity contribution is -0.137. The summed E-state index contributed by atoms with van der Waals surface area (Å²) in [6.45, 7) is -3.06. The number of alkyl halides is 5. The van der Waals surface area contributed by atoms with Crippen molar-refractivity contribution in [2.75, 3.05) is 19.5 Å². The molecule has 0 aliphatic rings. The zero-order chi connectivity index (χ0) is 25.3. The molecule has 4 aromatic rings. The molecule has 6 nitrogen and oxygen atoms in total. The van der Waals surface area contributed by atoms with E-state index in [0.717, 1.165) is 10.6 Å². The van der Waals surface area contributed by atoms with Gasteiger partial charge in [-0.05, 0) is 48.0 Å². The van der Waals surface area contributed by atoms with Gasteiger partial charge in [0.2, 0.25) is 0 Å². The highest BCUT2D eigenvalue weighted by molar-refractivity contribution is 5.98. The Morgan fingerprint density at radius 2 is 1.63 bits per heavy atom. The van der Waals surface area contributed by atoms with Crippen molar-refractivity contribution in [2.24, 2.45) is 0 Å². The highest BCUT2D eigenvalue weighted by Gasteiger charge is 2.32. The quantitative estimate of drug-likeness (QED) is 0.350. The lowest BCUT2D eigenvalue weighted by Crippen LogP contribution is -2.23. The number of pyridine rings is 2. The fourth-order valence-corrected chi connectivity index (χ4v) is 3.72. The van der Waals surface area contributed by atoms with E-state index in [1.54, 1.807) is 24.3 Å². The standard InChI is InChI=1S/C24H18F5N3O3/c1-30-21-19(13-3-7-16(34-2)8-4-13)22(33)32(15-5-9-17(10-6-15)35-23(25)26)18-11-14(24(27,28)29)12-31-20(18)21/h3-12,23,30H,1-2H3. The van der Waals surface area contributed by atoms with E-state index >= 15 is 0 Å². The Morgan fingerprint density at radius 3 is 2.17 bits per heavy atom. The Labute approximate surface area is 195 Å². The zero-order valence-electron chi connectivity index (χ0n) is 18.4. The fourth-order valence-electron chi connectivity index (χ4n) is 3.72. The molecule has 0 saturated carbocycles. The first-order valence-corrected chi connectivity index (χ1v) is 10.2. The summed E-state index contributed by atoms with van der Waals surface area (Å²) >= 11 is 0. The molecule has 11 heteroatoms. The molecule has 0 radical (unpaired) electrons. The van der Waals surface area contributed by atoms with Crippen LogP contribution in [0.3, 0.4) is 0 Å². The van der Waals surface area contributed by atoms with E-state index < -0.39 is 23.9 Å². The van der Waals surface area contributed by atoms with Gasteiger partial charge in [-0.2, -0.15) is 22.0 Å². The Balaban J connectivity index is 2.06. The van der Waals surface area contributed by atoms with E-state index in [1.165, 1.54) is 38.4 Å². The number of fused-ring (bicyclic) bond motifs is 1. The number of methoxy groups -OCH3 is 1. The minimum Gasteiger partial charge on any atom is -0.497 e. The second kappa shape index (κ2) is 9.24. The van der Waals surface area contributed by atoms with Gasteiger partial charge < -0.3 is 14.8 Å². The molecule has 2 aromatic carbocycles. The van der Waals surface area contributed by atoms with Gasteiger partial charge in [0.1, 0.15) is 17.0 Å². The average molecular weight is 491 g/mol. The first-order chi connectivity index (χ1) is 16.6. The first-order valence-electron chi connectivity index (χ1n) is 10.2. The van der Waals surface area contributed by atoms with Crippen LogP contribution >= 0.6 is 0 Å². The molecule has 0 fully saturated rings. The van der Waals surface area contributed by atoms with E-state index in [9.17, 15) is 26.7 Å². The van der Waals surface area contributed by atoms with E-state index in [1.807, 2.05) is 0 Å². The topological polar surface area (TPSA) is 65.4 Å². The molecule has 0 amide bonds. The van der Waals surface area contributed by atoms with Crippen molar-refractivity contribution in [3.8, 4) is 28.3 Å². The van der Waals surface area contributed by atoms with E-state index in [-0.39, 0.29) is 33.7 Å². The third-order valence-corrected chi connectivity index (χ3v) is 5.29. The summed E-state index contributed by atoms with van der Waals surface area (Å²) in [4.78, 5) is 17.8. The molecule has 1 N–H and O–H groups in total. The van der Waals surface area contributed by atoms with Crippen molar-refractivity contribution in [1.29, 1.82) is 0 Å². The van der Waals surface area contributed by atoms with Crippen LogP contribution in [0.2, 0.25) is 0 Å². The molecule has 2 heterocycles. The molecule has 2 aromatic heterocycles. The van der Waals surface area contributed by atoms with Gasteiger partial charge in [0.05, 0.1) is 29.4 Å². The van der Waals surface area contributed by atoms with Crippen LogP contribution in [0.15, 0.2) is 65.6 Å². The van der Waals surface area contributed by atoms with Crippen molar-refractivity contribution in [3.63, 3.8) is 0 Å². The van der Waals surface area contributed by atoms with E-state index in [2.05, 4.69) is 15.0 Å². The number of benzene rings is 2. The molecule has 0 atom stereocenters. The monoisotopic (exact) mass is 491 g/mol. The van der Waals surface area contributed by atoms with Crippen molar-refractivity contribution in [2.45, 2.75) is 12.8 Å². The predicted octanol–water partition coefficient (Wildman–Crippen LogP) is 5.72. The van der Waals surface area contributed by atoms with Crippen LogP contribution in [0, 0.1) is 0 Å². The number of rotatable bonds is 6. The van der Waals surface area contributed by atoms with Crippen molar-refractivity contribution < 1.29 is 31.4 Å². The van der Waals surface area contributed by atoms with E-state index in [0.29, 0.717) is 17.5 Å². The fraction of sp³-hybridized carbons (Fsp3) is 0.167. The third-order valence-electron chi connectivity index (χ3n) is 5.29. The lowest BCUT2D eigenvalue weighted by Gasteiger charge is -2.19. The Kier molecular flexibility index (Phi) is 6.33. The maximum atomic E-state index is 13.8. The SMILES string of the molecule is CNc1c(-c2ccc(OC)cc2)c(=O)n(-c2ccc(OC(F)F)cc2)c2cc(C(F)(F)F)cnc12. The van der Waals surface area contributed by atoms with Gasteiger partial charge in [0, 0.05) is 18.9 Å². The molecular formula is C24H18F5N3O3. The summed E-state index contributed by atoms with van der Waals surface area (Å²) in [5, 5.41) is 2.88. The van der Waals surface area contributed by atoms with Crippen molar-refractivity contribution >= 4 is 16.7 Å². The second-order valence-electron chi connectivity index (χ2n) is 7.33. The Hall–Kier alpha value is -4.15. The minimum atomic E-state index is -4.70.